The van der Waals surface area contributed by atoms with E-state index in [-0.39, 0.29) is 29.9 Å². The summed E-state index contributed by atoms with van der Waals surface area (Å²) in [7, 11) is 0. The molecule has 0 heterocycles. The van der Waals surface area contributed by atoms with Crippen molar-refractivity contribution >= 4 is 17.5 Å². The number of carbonyl (C=O) groups excluding carboxylic acids is 3. The van der Waals surface area contributed by atoms with E-state index in [4.69, 9.17) is 5.73 Å². The summed E-state index contributed by atoms with van der Waals surface area (Å²) >= 11 is 0. The van der Waals surface area contributed by atoms with Crippen LogP contribution in [-0.2, 0) is 14.4 Å². The summed E-state index contributed by atoms with van der Waals surface area (Å²) in [4.78, 5) is 33.6. The maximum Gasteiger partial charge on any atom is 0.234 e. The van der Waals surface area contributed by atoms with Crippen molar-refractivity contribution in [3.8, 4) is 0 Å². The first-order valence-corrected chi connectivity index (χ1v) is 5.41. The van der Waals surface area contributed by atoms with E-state index in [0.717, 1.165) is 0 Å². The average molecular weight is 228 g/mol. The van der Waals surface area contributed by atoms with E-state index < -0.39 is 6.04 Å². The second kappa shape index (κ2) is 7.11. The molecule has 0 fully saturated rings. The Morgan fingerprint density at radius 3 is 2.19 bits per heavy atom. The predicted octanol–water partition coefficient (Wildman–Crippen LogP) is 0.0242. The van der Waals surface area contributed by atoms with Crippen LogP contribution in [0, 0.1) is 5.92 Å². The Bertz CT molecular complexity index is 274. The summed E-state index contributed by atoms with van der Waals surface area (Å²) in [6.45, 7) is 4.86. The molecule has 0 bridgehead atoms. The molecule has 0 unspecified atom stereocenters. The SMILES string of the molecule is CC(=O)[C@H](CCC(=O)C(C)C)NC(=O)CN. The topological polar surface area (TPSA) is 89.3 Å². The van der Waals surface area contributed by atoms with Gasteiger partial charge in [-0.05, 0) is 13.3 Å². The van der Waals surface area contributed by atoms with Gasteiger partial charge in [0, 0.05) is 12.3 Å². The summed E-state index contributed by atoms with van der Waals surface area (Å²) in [5.41, 5.74) is 5.13. The molecule has 1 atom stereocenters. The van der Waals surface area contributed by atoms with E-state index in [0.29, 0.717) is 12.8 Å². The van der Waals surface area contributed by atoms with Crippen molar-refractivity contribution in [1.82, 2.24) is 5.32 Å². The third kappa shape index (κ3) is 5.60. The number of hydrogen-bond donors (Lipinski definition) is 2. The number of nitrogens with one attached hydrogen (secondary N) is 1. The Morgan fingerprint density at radius 1 is 1.25 bits per heavy atom. The van der Waals surface area contributed by atoms with E-state index in [1.54, 1.807) is 0 Å². The van der Waals surface area contributed by atoms with Gasteiger partial charge in [-0.3, -0.25) is 14.4 Å². The monoisotopic (exact) mass is 228 g/mol. The quantitative estimate of drug-likeness (QED) is 0.643. The Labute approximate surface area is 95.8 Å². The van der Waals surface area contributed by atoms with E-state index in [9.17, 15) is 14.4 Å². The van der Waals surface area contributed by atoms with Crippen molar-refractivity contribution in [3.05, 3.63) is 0 Å². The molecule has 0 aliphatic carbocycles. The van der Waals surface area contributed by atoms with Crippen LogP contribution in [0.1, 0.15) is 33.6 Å². The van der Waals surface area contributed by atoms with Gasteiger partial charge >= 0.3 is 0 Å². The fraction of sp³-hybridized carbons (Fsp3) is 0.727. The summed E-state index contributed by atoms with van der Waals surface area (Å²) in [6, 6.07) is -0.598. The lowest BCUT2D eigenvalue weighted by Crippen LogP contribution is -2.43. The standard InChI is InChI=1S/C11H20N2O3/c1-7(2)10(15)5-4-9(8(3)14)13-11(16)6-12/h7,9H,4-6,12H2,1-3H3,(H,13,16)/t9-/m0/s1. The molecular formula is C11H20N2O3. The second-order valence-corrected chi connectivity index (χ2v) is 4.09. The lowest BCUT2D eigenvalue weighted by Gasteiger charge is -2.15. The fourth-order valence-electron chi connectivity index (χ4n) is 1.21. The van der Waals surface area contributed by atoms with Crippen molar-refractivity contribution in [2.24, 2.45) is 11.7 Å². The van der Waals surface area contributed by atoms with E-state index >= 15 is 0 Å². The van der Waals surface area contributed by atoms with Crippen molar-refractivity contribution in [2.75, 3.05) is 6.54 Å². The molecule has 92 valence electrons. The van der Waals surface area contributed by atoms with Crippen LogP contribution in [0.15, 0.2) is 0 Å². The van der Waals surface area contributed by atoms with E-state index in [1.807, 2.05) is 13.8 Å². The largest absolute Gasteiger partial charge is 0.345 e. The number of hydrogen-bond acceptors (Lipinski definition) is 4. The molecule has 0 aliphatic heterocycles. The molecule has 3 N–H and O–H groups in total. The highest BCUT2D eigenvalue weighted by atomic mass is 16.2. The molecule has 5 nitrogen and oxygen atoms in total. The lowest BCUT2D eigenvalue weighted by molar-refractivity contribution is -0.127. The zero-order valence-electron chi connectivity index (χ0n) is 10.1. The van der Waals surface area contributed by atoms with Crippen molar-refractivity contribution in [1.29, 1.82) is 0 Å². The first-order valence-electron chi connectivity index (χ1n) is 5.41. The summed E-state index contributed by atoms with van der Waals surface area (Å²) in [5, 5.41) is 2.49. The Balaban J connectivity index is 4.20. The lowest BCUT2D eigenvalue weighted by atomic mass is 10.00. The molecule has 0 aliphatic rings. The van der Waals surface area contributed by atoms with Crippen molar-refractivity contribution in [2.45, 2.75) is 39.7 Å². The number of ketones is 2. The average Bonchev–Trinajstić information content (AvgIpc) is 2.22. The normalized spacial score (nSPS) is 12.3. The van der Waals surface area contributed by atoms with Gasteiger partial charge in [-0.1, -0.05) is 13.8 Å². The fourth-order valence-corrected chi connectivity index (χ4v) is 1.21. The molecule has 0 radical (unpaired) electrons. The molecule has 16 heavy (non-hydrogen) atoms. The first-order chi connectivity index (χ1) is 7.38. The van der Waals surface area contributed by atoms with Crippen LogP contribution in [0.4, 0.5) is 0 Å². The molecule has 0 rings (SSSR count). The molecule has 0 saturated carbocycles. The summed E-state index contributed by atoms with van der Waals surface area (Å²) in [6.07, 6.45) is 0.644. The van der Waals surface area contributed by atoms with Crippen LogP contribution in [0.2, 0.25) is 0 Å². The maximum absolute atomic E-state index is 11.4. The third-order valence-corrected chi connectivity index (χ3v) is 2.33. The van der Waals surface area contributed by atoms with Gasteiger partial charge in [0.2, 0.25) is 5.91 Å². The van der Waals surface area contributed by atoms with Crippen molar-refractivity contribution in [3.63, 3.8) is 0 Å². The highest BCUT2D eigenvalue weighted by Gasteiger charge is 2.18. The Kier molecular flexibility index (Phi) is 6.56. The molecular weight excluding hydrogens is 208 g/mol. The number of nitrogens with two attached hydrogens (primary N) is 1. The molecule has 0 saturated heterocycles. The van der Waals surface area contributed by atoms with Gasteiger partial charge in [0.25, 0.3) is 0 Å². The van der Waals surface area contributed by atoms with Crippen LogP contribution in [0.25, 0.3) is 0 Å². The number of Topliss-reactive ketones (excluding diaryl/α,β-unsaturated/α-hetero) is 2. The Hall–Kier alpha value is -1.23. The molecule has 5 heteroatoms. The second-order valence-electron chi connectivity index (χ2n) is 4.09. The van der Waals surface area contributed by atoms with E-state index in [2.05, 4.69) is 5.32 Å². The van der Waals surface area contributed by atoms with Gasteiger partial charge in [-0.2, -0.15) is 0 Å². The maximum atomic E-state index is 11.4. The minimum absolute atomic E-state index is 0.0437. The van der Waals surface area contributed by atoms with Gasteiger partial charge in [0.1, 0.15) is 5.78 Å². The number of rotatable bonds is 7. The predicted molar refractivity (Wildman–Crippen MR) is 60.7 cm³/mol. The number of carbonyl (C=O) groups is 3. The molecule has 0 spiro atoms. The van der Waals surface area contributed by atoms with E-state index in [1.165, 1.54) is 6.92 Å². The van der Waals surface area contributed by atoms with Crippen LogP contribution in [0.5, 0.6) is 0 Å². The van der Waals surface area contributed by atoms with Gasteiger partial charge in [0.05, 0.1) is 12.6 Å². The smallest absolute Gasteiger partial charge is 0.234 e. The number of amides is 1. The zero-order valence-corrected chi connectivity index (χ0v) is 10.1. The minimum atomic E-state index is -0.598. The highest BCUT2D eigenvalue weighted by molar-refractivity contribution is 5.89. The summed E-state index contributed by atoms with van der Waals surface area (Å²) in [5.74, 6) is -0.485. The highest BCUT2D eigenvalue weighted by Crippen LogP contribution is 2.05. The van der Waals surface area contributed by atoms with Gasteiger partial charge in [-0.25, -0.2) is 0 Å². The van der Waals surface area contributed by atoms with Gasteiger partial charge < -0.3 is 11.1 Å². The minimum Gasteiger partial charge on any atom is -0.345 e. The Morgan fingerprint density at radius 2 is 1.81 bits per heavy atom. The zero-order chi connectivity index (χ0) is 12.7. The van der Waals surface area contributed by atoms with Gasteiger partial charge in [-0.15, -0.1) is 0 Å². The van der Waals surface area contributed by atoms with Crippen LogP contribution in [0.3, 0.4) is 0 Å². The first kappa shape index (κ1) is 14.8. The van der Waals surface area contributed by atoms with Crippen LogP contribution in [-0.4, -0.2) is 30.1 Å². The van der Waals surface area contributed by atoms with Crippen LogP contribution < -0.4 is 11.1 Å². The summed E-state index contributed by atoms with van der Waals surface area (Å²) < 4.78 is 0. The molecule has 1 amide bonds. The van der Waals surface area contributed by atoms with Gasteiger partial charge in [0.15, 0.2) is 5.78 Å². The third-order valence-electron chi connectivity index (χ3n) is 2.33. The molecule has 0 aromatic rings. The van der Waals surface area contributed by atoms with Crippen LogP contribution >= 0.6 is 0 Å². The molecule has 0 aromatic carbocycles. The molecule has 0 aromatic heterocycles. The van der Waals surface area contributed by atoms with Crippen molar-refractivity contribution < 1.29 is 14.4 Å².